The summed E-state index contributed by atoms with van der Waals surface area (Å²) in [6.45, 7) is 3.55. The SMILES string of the molecule is COc1ccc(N)cc1S(=O)(=O)NCC(O)C(C)C. The van der Waals surface area contributed by atoms with Gasteiger partial charge in [-0.25, -0.2) is 13.1 Å². The van der Waals surface area contributed by atoms with Crippen molar-refractivity contribution < 1.29 is 18.3 Å². The molecule has 108 valence electrons. The molecule has 0 aliphatic heterocycles. The van der Waals surface area contributed by atoms with Crippen LogP contribution in [0, 0.1) is 5.92 Å². The van der Waals surface area contributed by atoms with Crippen molar-refractivity contribution >= 4 is 15.7 Å². The molecule has 1 aromatic carbocycles. The van der Waals surface area contributed by atoms with E-state index in [0.29, 0.717) is 5.69 Å². The van der Waals surface area contributed by atoms with Gasteiger partial charge in [0.25, 0.3) is 0 Å². The highest BCUT2D eigenvalue weighted by molar-refractivity contribution is 7.89. The van der Waals surface area contributed by atoms with Crippen LogP contribution in [-0.4, -0.2) is 33.3 Å². The number of methoxy groups -OCH3 is 1. The maximum Gasteiger partial charge on any atom is 0.244 e. The molecular formula is C12H20N2O4S. The molecule has 0 fully saturated rings. The van der Waals surface area contributed by atoms with Crippen LogP contribution in [0.25, 0.3) is 0 Å². The Balaban J connectivity index is 2.97. The zero-order chi connectivity index (χ0) is 14.6. The number of nitrogens with one attached hydrogen (secondary N) is 1. The summed E-state index contributed by atoms with van der Waals surface area (Å²) in [6, 6.07) is 4.37. The molecule has 0 spiro atoms. The van der Waals surface area contributed by atoms with E-state index in [1.807, 2.05) is 0 Å². The lowest BCUT2D eigenvalue weighted by Crippen LogP contribution is -2.34. The van der Waals surface area contributed by atoms with Gasteiger partial charge in [-0.15, -0.1) is 0 Å². The first-order chi connectivity index (χ1) is 8.77. The standard InChI is InChI=1S/C12H20N2O4S/c1-8(2)10(15)7-14-19(16,17)12-6-9(13)4-5-11(12)18-3/h4-6,8,10,14-15H,7,13H2,1-3H3. The first-order valence-corrected chi connectivity index (χ1v) is 7.37. The number of hydrogen-bond acceptors (Lipinski definition) is 5. The van der Waals surface area contributed by atoms with Crippen LogP contribution in [0.1, 0.15) is 13.8 Å². The predicted octanol–water partition coefficient (Wildman–Crippen LogP) is 0.573. The van der Waals surface area contributed by atoms with Gasteiger partial charge in [0.15, 0.2) is 0 Å². The lowest BCUT2D eigenvalue weighted by atomic mass is 10.1. The number of nitrogens with two attached hydrogens (primary N) is 1. The van der Waals surface area contributed by atoms with E-state index in [-0.39, 0.29) is 23.1 Å². The van der Waals surface area contributed by atoms with Crippen LogP contribution in [0.5, 0.6) is 5.75 Å². The molecule has 0 amide bonds. The topological polar surface area (TPSA) is 102 Å². The van der Waals surface area contributed by atoms with Gasteiger partial charge in [0.1, 0.15) is 10.6 Å². The van der Waals surface area contributed by atoms with E-state index in [1.165, 1.54) is 19.2 Å². The average Bonchev–Trinajstić information content (AvgIpc) is 2.35. The lowest BCUT2D eigenvalue weighted by Gasteiger charge is -2.16. The summed E-state index contributed by atoms with van der Waals surface area (Å²) in [5, 5.41) is 9.63. The second-order valence-electron chi connectivity index (χ2n) is 4.57. The number of nitrogen functional groups attached to an aromatic ring is 1. The molecule has 4 N–H and O–H groups in total. The van der Waals surface area contributed by atoms with Gasteiger partial charge in [-0.2, -0.15) is 0 Å². The van der Waals surface area contributed by atoms with E-state index >= 15 is 0 Å². The van der Waals surface area contributed by atoms with Crippen molar-refractivity contribution in [2.45, 2.75) is 24.8 Å². The number of rotatable bonds is 6. The quantitative estimate of drug-likeness (QED) is 0.664. The van der Waals surface area contributed by atoms with E-state index in [1.54, 1.807) is 19.9 Å². The van der Waals surface area contributed by atoms with E-state index in [0.717, 1.165) is 0 Å². The minimum Gasteiger partial charge on any atom is -0.495 e. The molecule has 0 radical (unpaired) electrons. The van der Waals surface area contributed by atoms with Gasteiger partial charge in [0.2, 0.25) is 10.0 Å². The van der Waals surface area contributed by atoms with Crippen LogP contribution in [-0.2, 0) is 10.0 Å². The van der Waals surface area contributed by atoms with Crippen molar-refractivity contribution in [3.05, 3.63) is 18.2 Å². The Labute approximate surface area is 113 Å². The zero-order valence-corrected chi connectivity index (χ0v) is 12.1. The number of anilines is 1. The Morgan fingerprint density at radius 2 is 2.05 bits per heavy atom. The Morgan fingerprint density at radius 1 is 1.42 bits per heavy atom. The molecule has 0 bridgehead atoms. The van der Waals surface area contributed by atoms with Gasteiger partial charge in [-0.3, -0.25) is 0 Å². The molecule has 1 aromatic rings. The van der Waals surface area contributed by atoms with Crippen molar-refractivity contribution in [2.75, 3.05) is 19.4 Å². The van der Waals surface area contributed by atoms with Gasteiger partial charge >= 0.3 is 0 Å². The number of hydrogen-bond donors (Lipinski definition) is 3. The minimum absolute atomic E-state index is 0.0362. The maximum atomic E-state index is 12.1. The second-order valence-corrected chi connectivity index (χ2v) is 6.31. The third-order valence-corrected chi connectivity index (χ3v) is 4.17. The normalized spacial score (nSPS) is 13.5. The van der Waals surface area contributed by atoms with Crippen LogP contribution in [0.4, 0.5) is 5.69 Å². The fraction of sp³-hybridized carbons (Fsp3) is 0.500. The monoisotopic (exact) mass is 288 g/mol. The van der Waals surface area contributed by atoms with E-state index < -0.39 is 16.1 Å². The summed E-state index contributed by atoms with van der Waals surface area (Å²) in [7, 11) is -2.39. The number of ether oxygens (including phenoxy) is 1. The Kier molecular flexibility index (Phi) is 5.16. The molecule has 0 aromatic heterocycles. The highest BCUT2D eigenvalue weighted by Crippen LogP contribution is 2.25. The number of aliphatic hydroxyl groups is 1. The first kappa shape index (κ1) is 15.7. The van der Waals surface area contributed by atoms with Crippen LogP contribution in [0.15, 0.2) is 23.1 Å². The molecule has 0 aliphatic rings. The summed E-state index contributed by atoms with van der Waals surface area (Å²) >= 11 is 0. The van der Waals surface area contributed by atoms with Crippen molar-refractivity contribution in [3.63, 3.8) is 0 Å². The van der Waals surface area contributed by atoms with Crippen LogP contribution >= 0.6 is 0 Å². The van der Waals surface area contributed by atoms with E-state index in [9.17, 15) is 13.5 Å². The zero-order valence-electron chi connectivity index (χ0n) is 11.3. The number of sulfonamides is 1. The third kappa shape index (κ3) is 4.09. The van der Waals surface area contributed by atoms with Crippen molar-refractivity contribution in [1.29, 1.82) is 0 Å². The summed E-state index contributed by atoms with van der Waals surface area (Å²) in [4.78, 5) is -0.0362. The summed E-state index contributed by atoms with van der Waals surface area (Å²) in [5.74, 6) is 0.172. The largest absolute Gasteiger partial charge is 0.495 e. The molecule has 0 aliphatic carbocycles. The van der Waals surface area contributed by atoms with E-state index in [4.69, 9.17) is 10.5 Å². The van der Waals surface area contributed by atoms with Gasteiger partial charge in [-0.1, -0.05) is 13.8 Å². The molecule has 6 nitrogen and oxygen atoms in total. The molecule has 1 unspecified atom stereocenters. The minimum atomic E-state index is -3.77. The van der Waals surface area contributed by atoms with Gasteiger partial charge < -0.3 is 15.6 Å². The third-order valence-electron chi connectivity index (χ3n) is 2.73. The van der Waals surface area contributed by atoms with Crippen LogP contribution in [0.3, 0.4) is 0 Å². The summed E-state index contributed by atoms with van der Waals surface area (Å²) < 4.78 is 31.6. The van der Waals surface area contributed by atoms with Crippen molar-refractivity contribution in [1.82, 2.24) is 4.72 Å². The molecule has 0 heterocycles. The Morgan fingerprint density at radius 3 is 2.58 bits per heavy atom. The molecule has 1 atom stereocenters. The summed E-state index contributed by atoms with van der Waals surface area (Å²) in [5.41, 5.74) is 5.91. The second kappa shape index (κ2) is 6.23. The molecular weight excluding hydrogens is 268 g/mol. The molecule has 7 heteroatoms. The number of benzene rings is 1. The van der Waals surface area contributed by atoms with Gasteiger partial charge in [0, 0.05) is 12.2 Å². The molecule has 0 saturated carbocycles. The highest BCUT2D eigenvalue weighted by atomic mass is 32.2. The smallest absolute Gasteiger partial charge is 0.244 e. The lowest BCUT2D eigenvalue weighted by molar-refractivity contribution is 0.129. The fourth-order valence-corrected chi connectivity index (χ4v) is 2.66. The Bertz CT molecular complexity index is 529. The summed E-state index contributed by atoms with van der Waals surface area (Å²) in [6.07, 6.45) is -0.748. The van der Waals surface area contributed by atoms with E-state index in [2.05, 4.69) is 4.72 Å². The molecule has 0 saturated heterocycles. The highest BCUT2D eigenvalue weighted by Gasteiger charge is 2.21. The first-order valence-electron chi connectivity index (χ1n) is 5.89. The maximum absolute atomic E-state index is 12.1. The van der Waals surface area contributed by atoms with Crippen LogP contribution in [0.2, 0.25) is 0 Å². The van der Waals surface area contributed by atoms with Gasteiger partial charge in [-0.05, 0) is 24.1 Å². The van der Waals surface area contributed by atoms with Crippen molar-refractivity contribution in [3.8, 4) is 5.75 Å². The average molecular weight is 288 g/mol. The van der Waals surface area contributed by atoms with Crippen LogP contribution < -0.4 is 15.2 Å². The molecule has 1 rings (SSSR count). The van der Waals surface area contributed by atoms with Gasteiger partial charge in [0.05, 0.1) is 13.2 Å². The number of aliphatic hydroxyl groups excluding tert-OH is 1. The predicted molar refractivity (Wildman–Crippen MR) is 73.4 cm³/mol. The molecule has 19 heavy (non-hydrogen) atoms. The van der Waals surface area contributed by atoms with Crippen molar-refractivity contribution in [2.24, 2.45) is 5.92 Å². The fourth-order valence-electron chi connectivity index (χ4n) is 1.41. The Hall–Kier alpha value is -1.31.